The molecule has 0 radical (unpaired) electrons. The molecule has 114 valence electrons. The maximum absolute atomic E-state index is 5.94. The molecule has 4 nitrogen and oxygen atoms in total. The van der Waals surface area contributed by atoms with Crippen LogP contribution in [0.3, 0.4) is 0 Å². The van der Waals surface area contributed by atoms with E-state index in [0.29, 0.717) is 5.88 Å². The Hall–Kier alpha value is -1.10. The number of halogens is 1. The van der Waals surface area contributed by atoms with Crippen molar-refractivity contribution in [3.05, 3.63) is 29.6 Å². The van der Waals surface area contributed by atoms with Gasteiger partial charge in [-0.15, -0.1) is 11.6 Å². The summed E-state index contributed by atoms with van der Waals surface area (Å²) in [4.78, 5) is 7.20. The molecule has 0 amide bonds. The van der Waals surface area contributed by atoms with Crippen LogP contribution in [-0.2, 0) is 17.7 Å². The standard InChI is InChI=1S/C16H22ClN3O/c1-13-2-3-14-15(12-13)20(16(18-14)4-5-17)7-6-19-8-10-21-11-9-19/h2-3,12H,4-11H2,1H3. The van der Waals surface area contributed by atoms with E-state index in [-0.39, 0.29) is 0 Å². The first-order valence-corrected chi connectivity index (χ1v) is 8.13. The number of ether oxygens (including phenoxy) is 1. The first-order chi connectivity index (χ1) is 10.3. The van der Waals surface area contributed by atoms with Crippen LogP contribution >= 0.6 is 11.6 Å². The van der Waals surface area contributed by atoms with Crippen LogP contribution < -0.4 is 0 Å². The van der Waals surface area contributed by atoms with E-state index in [9.17, 15) is 0 Å². The number of imidazole rings is 1. The second-order valence-electron chi connectivity index (χ2n) is 5.56. The van der Waals surface area contributed by atoms with E-state index >= 15 is 0 Å². The Balaban J connectivity index is 1.83. The number of aryl methyl sites for hydroxylation is 2. The Labute approximate surface area is 130 Å². The fourth-order valence-corrected chi connectivity index (χ4v) is 3.04. The van der Waals surface area contributed by atoms with Gasteiger partial charge in [0.05, 0.1) is 24.2 Å². The van der Waals surface area contributed by atoms with Gasteiger partial charge >= 0.3 is 0 Å². The lowest BCUT2D eigenvalue weighted by atomic mass is 10.2. The molecule has 1 aromatic heterocycles. The molecule has 0 atom stereocenters. The van der Waals surface area contributed by atoms with Crippen LogP contribution in [0, 0.1) is 6.92 Å². The molecule has 1 aliphatic heterocycles. The average Bonchev–Trinajstić information content (AvgIpc) is 2.83. The summed E-state index contributed by atoms with van der Waals surface area (Å²) in [6, 6.07) is 6.44. The van der Waals surface area contributed by atoms with Gasteiger partial charge < -0.3 is 9.30 Å². The molecule has 0 aliphatic carbocycles. The highest BCUT2D eigenvalue weighted by atomic mass is 35.5. The van der Waals surface area contributed by atoms with E-state index in [0.717, 1.165) is 57.2 Å². The molecule has 2 aromatic rings. The molecule has 0 N–H and O–H groups in total. The summed E-state index contributed by atoms with van der Waals surface area (Å²) in [7, 11) is 0. The van der Waals surface area contributed by atoms with E-state index in [1.54, 1.807) is 0 Å². The van der Waals surface area contributed by atoms with Crippen LogP contribution in [0.5, 0.6) is 0 Å². The molecule has 3 rings (SSSR count). The van der Waals surface area contributed by atoms with Crippen molar-refractivity contribution >= 4 is 22.6 Å². The van der Waals surface area contributed by atoms with Crippen LogP contribution in [0.2, 0.25) is 0 Å². The van der Waals surface area contributed by atoms with Gasteiger partial charge in [0.1, 0.15) is 5.82 Å². The normalized spacial score (nSPS) is 16.7. The summed E-state index contributed by atoms with van der Waals surface area (Å²) in [5.74, 6) is 1.71. The molecule has 2 heterocycles. The third-order valence-corrected chi connectivity index (χ3v) is 4.23. The zero-order valence-electron chi connectivity index (χ0n) is 12.5. The van der Waals surface area contributed by atoms with Crippen molar-refractivity contribution in [3.63, 3.8) is 0 Å². The molecule has 1 fully saturated rings. The number of morpholine rings is 1. The third kappa shape index (κ3) is 3.39. The zero-order chi connectivity index (χ0) is 14.7. The van der Waals surface area contributed by atoms with E-state index in [1.807, 2.05) is 0 Å². The van der Waals surface area contributed by atoms with Crippen LogP contribution in [-0.4, -0.2) is 53.2 Å². The topological polar surface area (TPSA) is 30.3 Å². The van der Waals surface area contributed by atoms with Gasteiger partial charge in [0, 0.05) is 38.5 Å². The summed E-state index contributed by atoms with van der Waals surface area (Å²) in [5, 5.41) is 0. The number of hydrogen-bond acceptors (Lipinski definition) is 3. The predicted molar refractivity (Wildman–Crippen MR) is 86.2 cm³/mol. The molecule has 1 saturated heterocycles. The Kier molecular flexibility index (Phi) is 4.78. The van der Waals surface area contributed by atoms with Gasteiger partial charge in [-0.1, -0.05) is 6.07 Å². The van der Waals surface area contributed by atoms with Crippen molar-refractivity contribution in [2.75, 3.05) is 38.7 Å². The van der Waals surface area contributed by atoms with E-state index in [2.05, 4.69) is 34.6 Å². The number of hydrogen-bond donors (Lipinski definition) is 0. The van der Waals surface area contributed by atoms with Crippen LogP contribution in [0.25, 0.3) is 11.0 Å². The lowest BCUT2D eigenvalue weighted by Gasteiger charge is -2.27. The summed E-state index contributed by atoms with van der Waals surface area (Å²) in [5.41, 5.74) is 3.57. The minimum atomic E-state index is 0.611. The van der Waals surface area contributed by atoms with Gasteiger partial charge in [0.15, 0.2) is 0 Å². The van der Waals surface area contributed by atoms with Gasteiger partial charge in [-0.25, -0.2) is 4.98 Å². The van der Waals surface area contributed by atoms with Crippen molar-refractivity contribution in [2.45, 2.75) is 19.9 Å². The maximum atomic E-state index is 5.94. The number of fused-ring (bicyclic) bond motifs is 1. The van der Waals surface area contributed by atoms with E-state index in [1.165, 1.54) is 11.1 Å². The average molecular weight is 308 g/mol. The van der Waals surface area contributed by atoms with Gasteiger partial charge in [-0.05, 0) is 24.6 Å². The number of alkyl halides is 1. The largest absolute Gasteiger partial charge is 0.379 e. The molecule has 0 spiro atoms. The second kappa shape index (κ2) is 6.77. The maximum Gasteiger partial charge on any atom is 0.111 e. The molecule has 1 aromatic carbocycles. The molecular formula is C16H22ClN3O. The summed E-state index contributed by atoms with van der Waals surface area (Å²) in [6.45, 7) is 7.87. The first kappa shape index (κ1) is 14.8. The summed E-state index contributed by atoms with van der Waals surface area (Å²) < 4.78 is 7.74. The molecule has 0 saturated carbocycles. The Morgan fingerprint density at radius 1 is 1.24 bits per heavy atom. The fraction of sp³-hybridized carbons (Fsp3) is 0.562. The summed E-state index contributed by atoms with van der Waals surface area (Å²) >= 11 is 5.94. The Bertz CT molecular complexity index is 605. The smallest absolute Gasteiger partial charge is 0.111 e. The molecule has 0 bridgehead atoms. The number of rotatable bonds is 5. The predicted octanol–water partition coefficient (Wildman–Crippen LogP) is 2.46. The van der Waals surface area contributed by atoms with E-state index in [4.69, 9.17) is 21.3 Å². The van der Waals surface area contributed by atoms with Gasteiger partial charge in [0.25, 0.3) is 0 Å². The fourth-order valence-electron chi connectivity index (χ4n) is 2.87. The summed E-state index contributed by atoms with van der Waals surface area (Å²) in [6.07, 6.45) is 0.818. The highest BCUT2D eigenvalue weighted by Crippen LogP contribution is 2.19. The molecule has 0 unspecified atom stereocenters. The van der Waals surface area contributed by atoms with Gasteiger partial charge in [-0.3, -0.25) is 4.90 Å². The Morgan fingerprint density at radius 3 is 2.81 bits per heavy atom. The van der Waals surface area contributed by atoms with Gasteiger partial charge in [-0.2, -0.15) is 0 Å². The highest BCUT2D eigenvalue weighted by molar-refractivity contribution is 6.17. The van der Waals surface area contributed by atoms with Crippen molar-refractivity contribution in [2.24, 2.45) is 0 Å². The van der Waals surface area contributed by atoms with Crippen molar-refractivity contribution in [1.29, 1.82) is 0 Å². The molecular weight excluding hydrogens is 286 g/mol. The molecule has 5 heteroatoms. The monoisotopic (exact) mass is 307 g/mol. The van der Waals surface area contributed by atoms with Crippen LogP contribution in [0.1, 0.15) is 11.4 Å². The zero-order valence-corrected chi connectivity index (χ0v) is 13.3. The minimum Gasteiger partial charge on any atom is -0.379 e. The lowest BCUT2D eigenvalue weighted by Crippen LogP contribution is -2.38. The van der Waals surface area contributed by atoms with Crippen LogP contribution in [0.15, 0.2) is 18.2 Å². The quantitative estimate of drug-likeness (QED) is 0.795. The van der Waals surface area contributed by atoms with Crippen molar-refractivity contribution in [1.82, 2.24) is 14.5 Å². The van der Waals surface area contributed by atoms with Gasteiger partial charge in [0.2, 0.25) is 0 Å². The second-order valence-corrected chi connectivity index (χ2v) is 5.94. The van der Waals surface area contributed by atoms with Crippen molar-refractivity contribution < 1.29 is 4.74 Å². The third-order valence-electron chi connectivity index (χ3n) is 4.04. The highest BCUT2D eigenvalue weighted by Gasteiger charge is 2.14. The molecule has 21 heavy (non-hydrogen) atoms. The number of nitrogens with zero attached hydrogens (tertiary/aromatic N) is 3. The molecule has 1 aliphatic rings. The SMILES string of the molecule is Cc1ccc2nc(CCCl)n(CCN3CCOCC3)c2c1. The first-order valence-electron chi connectivity index (χ1n) is 7.60. The minimum absolute atomic E-state index is 0.611. The lowest BCUT2D eigenvalue weighted by molar-refractivity contribution is 0.0364. The van der Waals surface area contributed by atoms with Crippen LogP contribution in [0.4, 0.5) is 0 Å². The number of aromatic nitrogens is 2. The Morgan fingerprint density at radius 2 is 2.05 bits per heavy atom. The van der Waals surface area contributed by atoms with E-state index < -0.39 is 0 Å². The van der Waals surface area contributed by atoms with Crippen molar-refractivity contribution in [3.8, 4) is 0 Å². The number of benzene rings is 1.